The summed E-state index contributed by atoms with van der Waals surface area (Å²) >= 11 is 0. The van der Waals surface area contributed by atoms with Gasteiger partial charge in [0.2, 0.25) is 5.91 Å². The Morgan fingerprint density at radius 2 is 2.24 bits per heavy atom. The van der Waals surface area contributed by atoms with E-state index >= 15 is 0 Å². The predicted molar refractivity (Wildman–Crippen MR) is 82.8 cm³/mol. The third kappa shape index (κ3) is 3.95. The average Bonchev–Trinajstić information content (AvgIpc) is 2.96. The van der Waals surface area contributed by atoms with Gasteiger partial charge in [0.15, 0.2) is 0 Å². The SMILES string of the molecule is CCCOc1cc(C)ccc1NC(=O)C1COCC1NC. The molecule has 116 valence electrons. The zero-order valence-electron chi connectivity index (χ0n) is 12.9. The number of carbonyl (C=O) groups excluding carboxylic acids is 1. The second-order valence-corrected chi connectivity index (χ2v) is 5.38. The van der Waals surface area contributed by atoms with Gasteiger partial charge in [-0.3, -0.25) is 4.79 Å². The second-order valence-electron chi connectivity index (χ2n) is 5.38. The number of carbonyl (C=O) groups is 1. The van der Waals surface area contributed by atoms with Gasteiger partial charge in [-0.15, -0.1) is 0 Å². The number of likely N-dealkylation sites (N-methyl/N-ethyl adjacent to an activating group) is 1. The maximum Gasteiger partial charge on any atom is 0.231 e. The van der Waals surface area contributed by atoms with E-state index in [1.807, 2.05) is 32.2 Å². The Balaban J connectivity index is 2.09. The van der Waals surface area contributed by atoms with E-state index in [9.17, 15) is 4.79 Å². The number of rotatable bonds is 6. The molecule has 1 heterocycles. The molecule has 0 aromatic heterocycles. The molecule has 1 saturated heterocycles. The van der Waals surface area contributed by atoms with Crippen LogP contribution in [0.4, 0.5) is 5.69 Å². The number of nitrogens with one attached hydrogen (secondary N) is 2. The first kappa shape index (κ1) is 15.8. The van der Waals surface area contributed by atoms with Crippen molar-refractivity contribution in [3.05, 3.63) is 23.8 Å². The topological polar surface area (TPSA) is 59.6 Å². The van der Waals surface area contributed by atoms with Gasteiger partial charge in [-0.25, -0.2) is 0 Å². The molecule has 1 aliphatic heterocycles. The summed E-state index contributed by atoms with van der Waals surface area (Å²) in [6, 6.07) is 5.87. The number of hydrogen-bond donors (Lipinski definition) is 2. The molecule has 2 atom stereocenters. The zero-order valence-corrected chi connectivity index (χ0v) is 12.9. The Labute approximate surface area is 126 Å². The molecule has 0 aliphatic carbocycles. The Morgan fingerprint density at radius 1 is 1.43 bits per heavy atom. The molecule has 1 amide bonds. The van der Waals surface area contributed by atoms with Crippen molar-refractivity contribution in [3.8, 4) is 5.75 Å². The molecular weight excluding hydrogens is 268 g/mol. The highest BCUT2D eigenvalue weighted by Crippen LogP contribution is 2.27. The Bertz CT molecular complexity index is 490. The predicted octanol–water partition coefficient (Wildman–Crippen LogP) is 1.96. The van der Waals surface area contributed by atoms with Gasteiger partial charge in [0.05, 0.1) is 31.4 Å². The van der Waals surface area contributed by atoms with E-state index in [2.05, 4.69) is 17.6 Å². The highest BCUT2D eigenvalue weighted by Gasteiger charge is 2.33. The molecule has 1 fully saturated rings. The zero-order chi connectivity index (χ0) is 15.2. The van der Waals surface area contributed by atoms with Crippen LogP contribution in [0, 0.1) is 12.8 Å². The lowest BCUT2D eigenvalue weighted by atomic mass is 10.0. The summed E-state index contributed by atoms with van der Waals surface area (Å²) in [4.78, 5) is 12.4. The lowest BCUT2D eigenvalue weighted by molar-refractivity contribution is -0.120. The lowest BCUT2D eigenvalue weighted by Crippen LogP contribution is -2.39. The third-order valence-electron chi connectivity index (χ3n) is 3.64. The molecule has 5 nitrogen and oxygen atoms in total. The van der Waals surface area contributed by atoms with Crippen molar-refractivity contribution < 1.29 is 14.3 Å². The molecule has 2 unspecified atom stereocenters. The number of hydrogen-bond acceptors (Lipinski definition) is 4. The number of aryl methyl sites for hydroxylation is 1. The van der Waals surface area contributed by atoms with Gasteiger partial charge in [-0.1, -0.05) is 13.0 Å². The summed E-state index contributed by atoms with van der Waals surface area (Å²) in [7, 11) is 1.85. The Hall–Kier alpha value is -1.59. The molecule has 0 saturated carbocycles. The summed E-state index contributed by atoms with van der Waals surface area (Å²) in [6.45, 7) is 5.72. The van der Waals surface area contributed by atoms with E-state index in [1.165, 1.54) is 0 Å². The quantitative estimate of drug-likeness (QED) is 0.841. The van der Waals surface area contributed by atoms with Crippen LogP contribution in [-0.4, -0.2) is 38.8 Å². The fourth-order valence-electron chi connectivity index (χ4n) is 2.39. The number of amides is 1. The summed E-state index contributed by atoms with van der Waals surface area (Å²) < 4.78 is 11.1. The maximum atomic E-state index is 12.4. The number of ether oxygens (including phenoxy) is 2. The molecule has 1 aromatic carbocycles. The lowest BCUT2D eigenvalue weighted by Gasteiger charge is -2.18. The molecule has 0 spiro atoms. The molecule has 21 heavy (non-hydrogen) atoms. The second kappa shape index (κ2) is 7.43. The van der Waals surface area contributed by atoms with Crippen LogP contribution in [0.5, 0.6) is 5.75 Å². The smallest absolute Gasteiger partial charge is 0.231 e. The van der Waals surface area contributed by atoms with Gasteiger partial charge in [-0.05, 0) is 38.1 Å². The van der Waals surface area contributed by atoms with Crippen molar-refractivity contribution in [3.63, 3.8) is 0 Å². The van der Waals surface area contributed by atoms with Crippen LogP contribution in [0.1, 0.15) is 18.9 Å². The first-order valence-corrected chi connectivity index (χ1v) is 7.45. The van der Waals surface area contributed by atoms with E-state index in [4.69, 9.17) is 9.47 Å². The van der Waals surface area contributed by atoms with Crippen LogP contribution >= 0.6 is 0 Å². The molecule has 1 aliphatic rings. The first-order valence-electron chi connectivity index (χ1n) is 7.45. The molecule has 5 heteroatoms. The molecule has 2 rings (SSSR count). The van der Waals surface area contributed by atoms with Gasteiger partial charge < -0.3 is 20.1 Å². The summed E-state index contributed by atoms with van der Waals surface area (Å²) in [5.74, 6) is 0.525. The third-order valence-corrected chi connectivity index (χ3v) is 3.64. The van der Waals surface area contributed by atoms with Crippen molar-refractivity contribution in [1.29, 1.82) is 0 Å². The Kier molecular flexibility index (Phi) is 5.59. The largest absolute Gasteiger partial charge is 0.491 e. The van der Waals surface area contributed by atoms with Crippen molar-refractivity contribution in [2.75, 3.05) is 32.2 Å². The highest BCUT2D eigenvalue weighted by atomic mass is 16.5. The fourth-order valence-corrected chi connectivity index (χ4v) is 2.39. The van der Waals surface area contributed by atoms with Crippen molar-refractivity contribution in [1.82, 2.24) is 5.32 Å². The number of anilines is 1. The number of benzene rings is 1. The van der Waals surface area contributed by atoms with Crippen LogP contribution in [0.15, 0.2) is 18.2 Å². The van der Waals surface area contributed by atoms with E-state index in [1.54, 1.807) is 0 Å². The van der Waals surface area contributed by atoms with Crippen molar-refractivity contribution >= 4 is 11.6 Å². The first-order chi connectivity index (χ1) is 10.2. The van der Waals surface area contributed by atoms with E-state index in [0.29, 0.717) is 19.8 Å². The van der Waals surface area contributed by atoms with Crippen LogP contribution in [-0.2, 0) is 9.53 Å². The fraction of sp³-hybridized carbons (Fsp3) is 0.562. The summed E-state index contributed by atoms with van der Waals surface area (Å²) in [6.07, 6.45) is 0.930. The van der Waals surface area contributed by atoms with Gasteiger partial charge in [0.25, 0.3) is 0 Å². The van der Waals surface area contributed by atoms with Gasteiger partial charge in [0, 0.05) is 6.04 Å². The van der Waals surface area contributed by atoms with E-state index in [0.717, 1.165) is 23.4 Å². The Morgan fingerprint density at radius 3 is 2.95 bits per heavy atom. The van der Waals surface area contributed by atoms with Crippen molar-refractivity contribution in [2.24, 2.45) is 5.92 Å². The standard InChI is InChI=1S/C16H24N2O3/c1-4-7-21-15-8-11(2)5-6-13(15)18-16(19)12-9-20-10-14(12)17-3/h5-6,8,12,14,17H,4,7,9-10H2,1-3H3,(H,18,19). The minimum absolute atomic E-state index is 0.0305. The molecule has 0 radical (unpaired) electrons. The summed E-state index contributed by atoms with van der Waals surface area (Å²) in [5.41, 5.74) is 1.83. The molecule has 0 bridgehead atoms. The monoisotopic (exact) mass is 292 g/mol. The van der Waals surface area contributed by atoms with Crippen LogP contribution < -0.4 is 15.4 Å². The van der Waals surface area contributed by atoms with Gasteiger partial charge >= 0.3 is 0 Å². The van der Waals surface area contributed by atoms with Crippen LogP contribution in [0.25, 0.3) is 0 Å². The van der Waals surface area contributed by atoms with E-state index < -0.39 is 0 Å². The molecule has 2 N–H and O–H groups in total. The normalized spacial score (nSPS) is 21.3. The minimum Gasteiger partial charge on any atom is -0.491 e. The highest BCUT2D eigenvalue weighted by molar-refractivity contribution is 5.94. The summed E-state index contributed by atoms with van der Waals surface area (Å²) in [5, 5.41) is 6.09. The van der Waals surface area contributed by atoms with Crippen LogP contribution in [0.3, 0.4) is 0 Å². The molecule has 1 aromatic rings. The van der Waals surface area contributed by atoms with E-state index in [-0.39, 0.29) is 17.9 Å². The van der Waals surface area contributed by atoms with Gasteiger partial charge in [-0.2, -0.15) is 0 Å². The van der Waals surface area contributed by atoms with Gasteiger partial charge in [0.1, 0.15) is 5.75 Å². The minimum atomic E-state index is -0.171. The van der Waals surface area contributed by atoms with Crippen molar-refractivity contribution in [2.45, 2.75) is 26.3 Å². The van der Waals surface area contributed by atoms with Crippen LogP contribution in [0.2, 0.25) is 0 Å². The average molecular weight is 292 g/mol. The molecular formula is C16H24N2O3. The maximum absolute atomic E-state index is 12.4.